The minimum Gasteiger partial charge on any atom is -0.355 e. The number of carbonyl (C=O) groups is 2. The second kappa shape index (κ2) is 7.37. The Balaban J connectivity index is 1.77. The first-order valence-electron chi connectivity index (χ1n) is 7.80. The number of hydrogen-bond acceptors (Lipinski definition) is 4. The highest BCUT2D eigenvalue weighted by Gasteiger charge is 2.14. The molecule has 3 aromatic rings. The highest BCUT2D eigenvalue weighted by atomic mass is 35.5. The molecule has 132 valence electrons. The van der Waals surface area contributed by atoms with Gasteiger partial charge in [-0.05, 0) is 42.8 Å². The third kappa shape index (κ3) is 3.73. The van der Waals surface area contributed by atoms with E-state index in [0.29, 0.717) is 11.3 Å². The van der Waals surface area contributed by atoms with Crippen LogP contribution in [0.2, 0.25) is 5.02 Å². The number of rotatable bonds is 4. The molecule has 26 heavy (non-hydrogen) atoms. The van der Waals surface area contributed by atoms with Crippen molar-refractivity contribution in [2.75, 3.05) is 12.4 Å². The molecule has 0 radical (unpaired) electrons. The standard InChI is InChI=1S/C18H16ClN5O2/c1-11-4-3-5-13(8-11)24-10-16(22-23-24)18(26)21-12-6-7-14(15(19)9-12)17(25)20-2/h3-10H,1-2H3,(H,20,25)(H,21,26). The molecular weight excluding hydrogens is 354 g/mol. The van der Waals surface area contributed by atoms with Crippen molar-refractivity contribution in [3.8, 4) is 5.69 Å². The van der Waals surface area contributed by atoms with E-state index in [1.165, 1.54) is 17.8 Å². The second-order valence-electron chi connectivity index (χ2n) is 5.62. The maximum atomic E-state index is 12.4. The Hall–Kier alpha value is -3.19. The molecule has 1 heterocycles. The van der Waals surface area contributed by atoms with Crippen molar-refractivity contribution in [2.45, 2.75) is 6.92 Å². The second-order valence-corrected chi connectivity index (χ2v) is 6.02. The largest absolute Gasteiger partial charge is 0.355 e. The van der Waals surface area contributed by atoms with E-state index in [4.69, 9.17) is 11.6 Å². The number of aromatic nitrogens is 3. The molecule has 2 aromatic carbocycles. The fourth-order valence-electron chi connectivity index (χ4n) is 2.37. The molecule has 0 fully saturated rings. The number of benzene rings is 2. The van der Waals surface area contributed by atoms with Crippen LogP contribution in [0, 0.1) is 6.92 Å². The summed E-state index contributed by atoms with van der Waals surface area (Å²) in [5.74, 6) is -0.721. The Kier molecular flexibility index (Phi) is 4.99. The molecule has 2 amide bonds. The molecule has 3 rings (SSSR count). The molecule has 1 aromatic heterocycles. The van der Waals surface area contributed by atoms with Gasteiger partial charge in [-0.15, -0.1) is 5.10 Å². The number of nitrogens with one attached hydrogen (secondary N) is 2. The Bertz CT molecular complexity index is 983. The number of nitrogens with zero attached hydrogens (tertiary/aromatic N) is 3. The Labute approximate surface area is 155 Å². The van der Waals surface area contributed by atoms with Crippen molar-refractivity contribution < 1.29 is 9.59 Å². The summed E-state index contributed by atoms with van der Waals surface area (Å²) in [4.78, 5) is 24.0. The summed E-state index contributed by atoms with van der Waals surface area (Å²) in [7, 11) is 1.52. The van der Waals surface area contributed by atoms with Gasteiger partial charge in [0.15, 0.2) is 5.69 Å². The fourth-order valence-corrected chi connectivity index (χ4v) is 2.64. The molecule has 0 atom stereocenters. The van der Waals surface area contributed by atoms with Crippen LogP contribution in [-0.4, -0.2) is 33.9 Å². The van der Waals surface area contributed by atoms with Crippen molar-refractivity contribution in [3.63, 3.8) is 0 Å². The van der Waals surface area contributed by atoms with Crippen molar-refractivity contribution in [1.82, 2.24) is 20.3 Å². The first-order chi connectivity index (χ1) is 12.5. The number of anilines is 1. The third-order valence-electron chi connectivity index (χ3n) is 3.69. The van der Waals surface area contributed by atoms with Gasteiger partial charge in [0, 0.05) is 12.7 Å². The van der Waals surface area contributed by atoms with Crippen molar-refractivity contribution in [2.24, 2.45) is 0 Å². The minimum atomic E-state index is -0.423. The summed E-state index contributed by atoms with van der Waals surface area (Å²) in [5.41, 5.74) is 2.85. The van der Waals surface area contributed by atoms with Gasteiger partial charge in [-0.3, -0.25) is 9.59 Å². The predicted molar refractivity (Wildman–Crippen MR) is 98.9 cm³/mol. The Morgan fingerprint density at radius 1 is 1.12 bits per heavy atom. The lowest BCUT2D eigenvalue weighted by atomic mass is 10.2. The molecule has 0 unspecified atom stereocenters. The minimum absolute atomic E-state index is 0.165. The topological polar surface area (TPSA) is 88.9 Å². The van der Waals surface area contributed by atoms with E-state index >= 15 is 0 Å². The average Bonchev–Trinajstić information content (AvgIpc) is 3.11. The van der Waals surface area contributed by atoms with Crippen LogP contribution in [0.15, 0.2) is 48.7 Å². The predicted octanol–water partition coefficient (Wildman–Crippen LogP) is 2.84. The molecule has 7 nitrogen and oxygen atoms in total. The average molecular weight is 370 g/mol. The van der Waals surface area contributed by atoms with E-state index in [-0.39, 0.29) is 16.6 Å². The molecule has 2 N–H and O–H groups in total. The summed E-state index contributed by atoms with van der Waals surface area (Å²) in [6.07, 6.45) is 1.55. The number of hydrogen-bond donors (Lipinski definition) is 2. The first kappa shape index (κ1) is 17.6. The summed E-state index contributed by atoms with van der Waals surface area (Å²) in [5, 5.41) is 13.3. The van der Waals surface area contributed by atoms with E-state index in [1.54, 1.807) is 18.3 Å². The van der Waals surface area contributed by atoms with Crippen LogP contribution in [0.1, 0.15) is 26.4 Å². The molecule has 0 spiro atoms. The molecule has 0 saturated carbocycles. The maximum absolute atomic E-state index is 12.4. The lowest BCUT2D eigenvalue weighted by Crippen LogP contribution is -2.18. The number of amides is 2. The van der Waals surface area contributed by atoms with E-state index < -0.39 is 5.91 Å². The summed E-state index contributed by atoms with van der Waals surface area (Å²) < 4.78 is 1.53. The fraction of sp³-hybridized carbons (Fsp3) is 0.111. The summed E-state index contributed by atoms with van der Waals surface area (Å²) in [6, 6.07) is 12.3. The van der Waals surface area contributed by atoms with Crippen molar-refractivity contribution in [3.05, 3.63) is 70.5 Å². The van der Waals surface area contributed by atoms with Crippen LogP contribution in [-0.2, 0) is 0 Å². The van der Waals surface area contributed by atoms with Gasteiger partial charge in [-0.25, -0.2) is 4.68 Å². The summed E-state index contributed by atoms with van der Waals surface area (Å²) >= 11 is 6.09. The molecule has 0 aliphatic heterocycles. The van der Waals surface area contributed by atoms with Gasteiger partial charge in [-0.1, -0.05) is 28.9 Å². The number of carbonyl (C=O) groups excluding carboxylic acids is 2. The lowest BCUT2D eigenvalue weighted by Gasteiger charge is -2.07. The SMILES string of the molecule is CNC(=O)c1ccc(NC(=O)c2cn(-c3cccc(C)c3)nn2)cc1Cl. The molecule has 0 aliphatic rings. The number of aryl methyl sites for hydroxylation is 1. The Morgan fingerprint density at radius 2 is 1.92 bits per heavy atom. The van der Waals surface area contributed by atoms with E-state index in [0.717, 1.165) is 11.3 Å². The Morgan fingerprint density at radius 3 is 2.62 bits per heavy atom. The van der Waals surface area contributed by atoms with E-state index in [9.17, 15) is 9.59 Å². The van der Waals surface area contributed by atoms with Gasteiger partial charge in [0.05, 0.1) is 22.5 Å². The highest BCUT2D eigenvalue weighted by Crippen LogP contribution is 2.21. The molecular formula is C18H16ClN5O2. The van der Waals surface area contributed by atoms with Gasteiger partial charge in [-0.2, -0.15) is 0 Å². The van der Waals surface area contributed by atoms with Crippen LogP contribution < -0.4 is 10.6 Å². The molecule has 0 saturated heterocycles. The van der Waals surface area contributed by atoms with Gasteiger partial charge >= 0.3 is 0 Å². The van der Waals surface area contributed by atoms with Crippen molar-refractivity contribution >= 4 is 29.1 Å². The summed E-state index contributed by atoms with van der Waals surface area (Å²) in [6.45, 7) is 1.97. The maximum Gasteiger partial charge on any atom is 0.277 e. The van der Waals surface area contributed by atoms with Crippen LogP contribution in [0.25, 0.3) is 5.69 Å². The van der Waals surface area contributed by atoms with E-state index in [2.05, 4.69) is 20.9 Å². The smallest absolute Gasteiger partial charge is 0.277 e. The van der Waals surface area contributed by atoms with Gasteiger partial charge < -0.3 is 10.6 Å². The van der Waals surface area contributed by atoms with Crippen LogP contribution >= 0.6 is 11.6 Å². The third-order valence-corrected chi connectivity index (χ3v) is 4.00. The van der Waals surface area contributed by atoms with Crippen LogP contribution in [0.4, 0.5) is 5.69 Å². The van der Waals surface area contributed by atoms with Crippen molar-refractivity contribution in [1.29, 1.82) is 0 Å². The zero-order valence-corrected chi connectivity index (χ0v) is 14.9. The number of halogens is 1. The van der Waals surface area contributed by atoms with E-state index in [1.807, 2.05) is 31.2 Å². The normalized spacial score (nSPS) is 10.4. The van der Waals surface area contributed by atoms with Gasteiger partial charge in [0.25, 0.3) is 11.8 Å². The van der Waals surface area contributed by atoms with Gasteiger partial charge in [0.1, 0.15) is 0 Å². The molecule has 0 aliphatic carbocycles. The first-order valence-corrected chi connectivity index (χ1v) is 8.18. The zero-order chi connectivity index (χ0) is 18.7. The zero-order valence-electron chi connectivity index (χ0n) is 14.2. The highest BCUT2D eigenvalue weighted by molar-refractivity contribution is 6.34. The monoisotopic (exact) mass is 369 g/mol. The molecule has 8 heteroatoms. The van der Waals surface area contributed by atoms with Crippen LogP contribution in [0.5, 0.6) is 0 Å². The van der Waals surface area contributed by atoms with Gasteiger partial charge in [0.2, 0.25) is 0 Å². The van der Waals surface area contributed by atoms with Crippen LogP contribution in [0.3, 0.4) is 0 Å². The lowest BCUT2D eigenvalue weighted by molar-refractivity contribution is 0.0962. The quantitative estimate of drug-likeness (QED) is 0.740. The molecule has 0 bridgehead atoms.